The molecule has 0 unspecified atom stereocenters. The van der Waals surface area contributed by atoms with E-state index in [9.17, 15) is 34.8 Å². The van der Waals surface area contributed by atoms with Crippen molar-refractivity contribution in [2.24, 2.45) is 0 Å². The zero-order chi connectivity index (χ0) is 26.8. The van der Waals surface area contributed by atoms with Gasteiger partial charge in [0.05, 0.1) is 0 Å². The van der Waals surface area contributed by atoms with E-state index in [0.717, 1.165) is 0 Å². The Morgan fingerprint density at radius 1 is 0.595 bits per heavy atom. The molecule has 0 N–H and O–H groups in total. The van der Waals surface area contributed by atoms with Crippen LogP contribution in [0, 0.1) is 0 Å². The maximum atomic E-state index is 13.7. The first-order valence-corrected chi connectivity index (χ1v) is 12.2. The molecule has 0 aromatic heterocycles. The number of benzene rings is 4. The lowest BCUT2D eigenvalue weighted by molar-refractivity contribution is -0.253. The molecule has 0 heterocycles. The summed E-state index contributed by atoms with van der Waals surface area (Å²) in [6, 6.07) is 23.4. The molecule has 192 valence electrons. The van der Waals surface area contributed by atoms with Gasteiger partial charge in [-0.3, -0.25) is 0 Å². The summed E-state index contributed by atoms with van der Waals surface area (Å²) in [6.07, 6.45) is -11.3. The minimum absolute atomic E-state index is 0.169. The molecule has 4 rings (SSSR count). The quantitative estimate of drug-likeness (QED) is 0.185. The van der Waals surface area contributed by atoms with Crippen molar-refractivity contribution in [2.45, 2.75) is 23.2 Å². The Kier molecular flexibility index (Phi) is 7.05. The van der Waals surface area contributed by atoms with E-state index in [1.54, 1.807) is 18.2 Å². The second-order valence-corrected chi connectivity index (χ2v) is 9.59. The lowest BCUT2D eigenvalue weighted by Gasteiger charge is -2.26. The zero-order valence-corrected chi connectivity index (χ0v) is 19.6. The molecule has 4 aromatic rings. The molecule has 0 saturated carbocycles. The van der Waals surface area contributed by atoms with Gasteiger partial charge < -0.3 is 4.18 Å². The molecule has 37 heavy (non-hydrogen) atoms. The van der Waals surface area contributed by atoms with Crippen LogP contribution in [-0.2, 0) is 10.1 Å². The van der Waals surface area contributed by atoms with Gasteiger partial charge in [-0.05, 0) is 41.0 Å². The van der Waals surface area contributed by atoms with Gasteiger partial charge in [-0.1, -0.05) is 78.9 Å². The smallest absolute Gasteiger partial charge is 0.378 e. The highest BCUT2D eigenvalue weighted by Crippen LogP contribution is 2.50. The SMILES string of the molecule is O=S(=O)(Oc1c(-c2ccccc2)cc(C(C(F)(F)F)C(F)(F)F)cc1-c1ccccc1)c1ccccc1. The molecular formula is C27H18F6O3S. The number of hydrogen-bond donors (Lipinski definition) is 0. The summed E-state index contributed by atoms with van der Waals surface area (Å²) < 4.78 is 114. The average molecular weight is 536 g/mol. The van der Waals surface area contributed by atoms with Crippen LogP contribution in [0.1, 0.15) is 11.5 Å². The van der Waals surface area contributed by atoms with Crippen LogP contribution in [-0.4, -0.2) is 20.8 Å². The van der Waals surface area contributed by atoms with Gasteiger partial charge in [-0.2, -0.15) is 34.8 Å². The molecule has 0 amide bonds. The molecule has 0 bridgehead atoms. The Bertz CT molecular complexity index is 1390. The van der Waals surface area contributed by atoms with Crippen molar-refractivity contribution < 1.29 is 38.9 Å². The van der Waals surface area contributed by atoms with Crippen molar-refractivity contribution >= 4 is 10.1 Å². The summed E-state index contributed by atoms with van der Waals surface area (Å²) in [7, 11) is -4.51. The first-order valence-electron chi connectivity index (χ1n) is 10.8. The Hall–Kier alpha value is -3.79. The average Bonchev–Trinajstić information content (AvgIpc) is 2.84. The van der Waals surface area contributed by atoms with Gasteiger partial charge in [-0.15, -0.1) is 0 Å². The second kappa shape index (κ2) is 9.93. The molecule has 0 saturated heterocycles. The molecule has 0 aliphatic heterocycles. The van der Waals surface area contributed by atoms with E-state index >= 15 is 0 Å². The van der Waals surface area contributed by atoms with Gasteiger partial charge in [0.15, 0.2) is 11.7 Å². The first-order chi connectivity index (χ1) is 17.4. The maximum Gasteiger partial charge on any atom is 0.404 e. The third-order valence-electron chi connectivity index (χ3n) is 5.49. The van der Waals surface area contributed by atoms with Gasteiger partial charge in [0.2, 0.25) is 0 Å². The van der Waals surface area contributed by atoms with E-state index in [1.165, 1.54) is 72.8 Å². The highest BCUT2D eigenvalue weighted by Gasteiger charge is 2.57. The standard InChI is InChI=1S/C27H18F6O3S/c28-26(29,30)25(27(31,32)33)20-16-22(18-10-4-1-5-11-18)24(23(17-20)19-12-6-2-7-13-19)36-37(34,35)21-14-8-3-9-15-21/h1-17,25H. The third-order valence-corrected chi connectivity index (χ3v) is 6.73. The fourth-order valence-electron chi connectivity index (χ4n) is 3.88. The number of hydrogen-bond acceptors (Lipinski definition) is 3. The van der Waals surface area contributed by atoms with Crippen molar-refractivity contribution in [1.82, 2.24) is 0 Å². The van der Waals surface area contributed by atoms with Crippen LogP contribution in [0.3, 0.4) is 0 Å². The molecule has 10 heteroatoms. The highest BCUT2D eigenvalue weighted by atomic mass is 32.2. The topological polar surface area (TPSA) is 43.4 Å². The second-order valence-electron chi connectivity index (χ2n) is 8.04. The van der Waals surface area contributed by atoms with Gasteiger partial charge >= 0.3 is 22.5 Å². The van der Waals surface area contributed by atoms with E-state index in [-0.39, 0.29) is 27.1 Å². The van der Waals surface area contributed by atoms with Crippen molar-refractivity contribution in [3.05, 3.63) is 109 Å². The van der Waals surface area contributed by atoms with Gasteiger partial charge in [0.25, 0.3) is 0 Å². The summed E-state index contributed by atoms with van der Waals surface area (Å²) in [5.41, 5.74) is -1.24. The minimum atomic E-state index is -5.65. The van der Waals surface area contributed by atoms with Crippen LogP contribution < -0.4 is 4.18 Å². The fraction of sp³-hybridized carbons (Fsp3) is 0.111. The number of halogens is 6. The van der Waals surface area contributed by atoms with Crippen LogP contribution in [0.25, 0.3) is 22.3 Å². The lowest BCUT2D eigenvalue weighted by Crippen LogP contribution is -2.34. The Morgan fingerprint density at radius 2 is 0.973 bits per heavy atom. The van der Waals surface area contributed by atoms with Crippen molar-refractivity contribution in [1.29, 1.82) is 0 Å². The maximum absolute atomic E-state index is 13.7. The third kappa shape index (κ3) is 5.80. The summed E-state index contributed by atoms with van der Waals surface area (Å²) >= 11 is 0. The van der Waals surface area contributed by atoms with Crippen LogP contribution >= 0.6 is 0 Å². The van der Waals surface area contributed by atoms with Crippen molar-refractivity contribution in [3.8, 4) is 28.0 Å². The van der Waals surface area contributed by atoms with E-state index in [0.29, 0.717) is 12.1 Å². The Labute approximate surface area is 209 Å². The minimum Gasteiger partial charge on any atom is -0.378 e. The summed E-state index contributed by atoms with van der Waals surface area (Å²) in [4.78, 5) is -0.236. The molecule has 3 nitrogen and oxygen atoms in total. The predicted molar refractivity (Wildman–Crippen MR) is 126 cm³/mol. The number of rotatable bonds is 6. The normalized spacial score (nSPS) is 12.5. The van der Waals surface area contributed by atoms with Crippen LogP contribution in [0.2, 0.25) is 0 Å². The largest absolute Gasteiger partial charge is 0.404 e. The zero-order valence-electron chi connectivity index (χ0n) is 18.8. The Balaban J connectivity index is 2.06. The Morgan fingerprint density at radius 3 is 1.35 bits per heavy atom. The molecule has 0 spiro atoms. The van der Waals surface area contributed by atoms with E-state index < -0.39 is 39.7 Å². The summed E-state index contributed by atoms with van der Waals surface area (Å²) in [6.45, 7) is 0. The van der Waals surface area contributed by atoms with Crippen molar-refractivity contribution in [3.63, 3.8) is 0 Å². The lowest BCUT2D eigenvalue weighted by atomic mass is 9.89. The van der Waals surface area contributed by atoms with Gasteiger partial charge in [0, 0.05) is 11.1 Å². The monoisotopic (exact) mass is 536 g/mol. The van der Waals surface area contributed by atoms with E-state index in [4.69, 9.17) is 4.18 Å². The summed E-state index contributed by atoms with van der Waals surface area (Å²) in [5, 5.41) is 0. The molecule has 4 aromatic carbocycles. The van der Waals surface area contributed by atoms with Crippen LogP contribution in [0.15, 0.2) is 108 Å². The molecule has 0 atom stereocenters. The molecular weight excluding hydrogens is 518 g/mol. The first kappa shape index (κ1) is 26.3. The molecule has 0 fully saturated rings. The predicted octanol–water partition coefficient (Wildman–Crippen LogP) is 8.00. The molecule has 0 radical (unpaired) electrons. The molecule has 0 aliphatic carbocycles. The fourth-order valence-corrected chi connectivity index (χ4v) is 4.87. The van der Waals surface area contributed by atoms with E-state index in [1.807, 2.05) is 0 Å². The van der Waals surface area contributed by atoms with Crippen LogP contribution in [0.5, 0.6) is 5.75 Å². The summed E-state index contributed by atoms with van der Waals surface area (Å²) in [5.74, 6) is -4.20. The van der Waals surface area contributed by atoms with Crippen LogP contribution in [0.4, 0.5) is 26.3 Å². The van der Waals surface area contributed by atoms with Gasteiger partial charge in [-0.25, -0.2) is 0 Å². The van der Waals surface area contributed by atoms with Crippen molar-refractivity contribution in [2.75, 3.05) is 0 Å². The highest BCUT2D eigenvalue weighted by molar-refractivity contribution is 7.87. The van der Waals surface area contributed by atoms with E-state index in [2.05, 4.69) is 0 Å². The van der Waals surface area contributed by atoms with Gasteiger partial charge in [0.1, 0.15) is 4.90 Å². The molecule has 0 aliphatic rings. The number of alkyl halides is 6.